The highest BCUT2D eigenvalue weighted by Gasteiger charge is 2.56. The molecule has 3 heterocycles. The van der Waals surface area contributed by atoms with Crippen molar-refractivity contribution in [3.63, 3.8) is 0 Å². The predicted octanol–water partition coefficient (Wildman–Crippen LogP) is 5.34. The van der Waals surface area contributed by atoms with Crippen LogP contribution in [0.25, 0.3) is 17.2 Å². The van der Waals surface area contributed by atoms with Gasteiger partial charge in [-0.1, -0.05) is 30.3 Å². The number of amides is 1. The summed E-state index contributed by atoms with van der Waals surface area (Å²) < 4.78 is 25.1. The Labute approximate surface area is 205 Å². The van der Waals surface area contributed by atoms with Crippen molar-refractivity contribution in [1.29, 1.82) is 0 Å². The average molecular weight is 479 g/mol. The zero-order chi connectivity index (χ0) is 24.5. The van der Waals surface area contributed by atoms with E-state index in [1.165, 1.54) is 6.07 Å². The van der Waals surface area contributed by atoms with Gasteiger partial charge in [-0.3, -0.25) is 9.78 Å². The minimum atomic E-state index is -0.298. The van der Waals surface area contributed by atoms with Crippen LogP contribution in [0.4, 0.5) is 9.18 Å². The van der Waals surface area contributed by atoms with Gasteiger partial charge in [-0.15, -0.1) is 0 Å². The number of halogens is 1. The first-order valence-electron chi connectivity index (χ1n) is 12.5. The lowest BCUT2D eigenvalue weighted by atomic mass is 9.61. The number of nitrogens with zero attached hydrogens (tertiary/aromatic N) is 2. The Hall–Kier alpha value is -3.22. The number of carbonyl (C=O) groups excluding carboxylic acids is 2. The highest BCUT2D eigenvalue weighted by atomic mass is 19.1. The second-order valence-electron chi connectivity index (χ2n) is 9.72. The second-order valence-corrected chi connectivity index (χ2v) is 9.72. The number of rotatable bonds is 4. The van der Waals surface area contributed by atoms with E-state index < -0.39 is 0 Å². The van der Waals surface area contributed by atoms with Gasteiger partial charge in [-0.25, -0.2) is 9.18 Å². The summed E-state index contributed by atoms with van der Waals surface area (Å²) in [7, 11) is 0. The van der Waals surface area contributed by atoms with Crippen LogP contribution in [-0.2, 0) is 14.3 Å². The molecule has 6 unspecified atom stereocenters. The molecule has 0 radical (unpaired) electrons. The van der Waals surface area contributed by atoms with Crippen LogP contribution in [0.15, 0.2) is 48.7 Å². The van der Waals surface area contributed by atoms with Crippen LogP contribution < -0.4 is 0 Å². The van der Waals surface area contributed by atoms with E-state index in [0.717, 1.165) is 24.1 Å². The normalized spacial score (nSPS) is 30.0. The molecule has 0 bridgehead atoms. The van der Waals surface area contributed by atoms with Gasteiger partial charge in [-0.2, -0.15) is 0 Å². The molecule has 2 aliphatic heterocycles. The van der Waals surface area contributed by atoms with Crippen molar-refractivity contribution in [3.05, 3.63) is 60.2 Å². The average Bonchev–Trinajstić information content (AvgIpc) is 3.15. The number of hydrogen-bond acceptors (Lipinski definition) is 5. The Morgan fingerprint density at radius 3 is 2.86 bits per heavy atom. The first-order valence-corrected chi connectivity index (χ1v) is 12.5. The van der Waals surface area contributed by atoms with Crippen molar-refractivity contribution < 1.29 is 23.5 Å². The van der Waals surface area contributed by atoms with Crippen molar-refractivity contribution in [2.45, 2.75) is 45.3 Å². The lowest BCUT2D eigenvalue weighted by molar-refractivity contribution is -0.144. The van der Waals surface area contributed by atoms with E-state index in [1.54, 1.807) is 24.4 Å². The second kappa shape index (κ2) is 9.80. The predicted molar refractivity (Wildman–Crippen MR) is 130 cm³/mol. The lowest BCUT2D eigenvalue weighted by Crippen LogP contribution is -2.56. The maximum Gasteiger partial charge on any atom is 0.410 e. The summed E-state index contributed by atoms with van der Waals surface area (Å²) in [6, 6.07) is 10.3. The summed E-state index contributed by atoms with van der Waals surface area (Å²) in [4.78, 5) is 31.7. The Morgan fingerprint density at radius 2 is 2.11 bits per heavy atom. The summed E-state index contributed by atoms with van der Waals surface area (Å²) >= 11 is 0. The first kappa shape index (κ1) is 23.5. The summed E-state index contributed by atoms with van der Waals surface area (Å²) in [5.41, 5.74) is 2.00. The number of fused-ring (bicyclic) bond motifs is 2. The van der Waals surface area contributed by atoms with Gasteiger partial charge in [0, 0.05) is 35.8 Å². The van der Waals surface area contributed by atoms with Gasteiger partial charge in [0.1, 0.15) is 11.9 Å². The number of allylic oxidation sites excluding steroid dienone is 1. The van der Waals surface area contributed by atoms with Crippen molar-refractivity contribution in [3.8, 4) is 11.1 Å². The van der Waals surface area contributed by atoms with Gasteiger partial charge in [0.05, 0.1) is 18.2 Å². The van der Waals surface area contributed by atoms with Crippen LogP contribution >= 0.6 is 0 Å². The van der Waals surface area contributed by atoms with Gasteiger partial charge >= 0.3 is 12.1 Å². The Morgan fingerprint density at radius 1 is 1.29 bits per heavy atom. The number of pyridine rings is 1. The molecule has 6 atom stereocenters. The Bertz CT molecular complexity index is 1120. The summed E-state index contributed by atoms with van der Waals surface area (Å²) in [5, 5.41) is 0. The van der Waals surface area contributed by atoms with Crippen molar-refractivity contribution in [2.24, 2.45) is 23.7 Å². The number of ether oxygens (including phenoxy) is 2. The Kier molecular flexibility index (Phi) is 6.58. The van der Waals surface area contributed by atoms with Crippen molar-refractivity contribution in [1.82, 2.24) is 9.88 Å². The third kappa shape index (κ3) is 4.44. The number of cyclic esters (lactones) is 1. The minimum absolute atomic E-state index is 0.0482. The number of piperidine rings is 1. The number of aromatic nitrogens is 1. The van der Waals surface area contributed by atoms with Crippen LogP contribution in [-0.4, -0.2) is 47.2 Å². The number of likely N-dealkylation sites (tertiary alicyclic amines) is 1. The molecule has 1 amide bonds. The van der Waals surface area contributed by atoms with Crippen LogP contribution in [0.3, 0.4) is 0 Å². The Balaban J connectivity index is 1.42. The first-order chi connectivity index (χ1) is 17.0. The lowest BCUT2D eigenvalue weighted by Gasteiger charge is -2.50. The molecule has 6 nitrogen and oxygen atoms in total. The van der Waals surface area contributed by atoms with E-state index in [0.29, 0.717) is 25.1 Å². The summed E-state index contributed by atoms with van der Waals surface area (Å²) in [5.74, 6) is -0.306. The highest BCUT2D eigenvalue weighted by molar-refractivity contribution is 5.76. The maximum atomic E-state index is 14.1. The molecule has 1 aliphatic carbocycles. The maximum absolute atomic E-state index is 14.1. The zero-order valence-electron chi connectivity index (χ0n) is 20.1. The monoisotopic (exact) mass is 478 g/mol. The van der Waals surface area contributed by atoms with Crippen molar-refractivity contribution >= 4 is 18.1 Å². The van der Waals surface area contributed by atoms with E-state index in [-0.39, 0.29) is 53.7 Å². The van der Waals surface area contributed by atoms with Crippen molar-refractivity contribution in [2.75, 3.05) is 13.2 Å². The molecular formula is C28H31FN2O4. The molecular weight excluding hydrogens is 447 g/mol. The van der Waals surface area contributed by atoms with Gasteiger partial charge in [0.2, 0.25) is 0 Å². The van der Waals surface area contributed by atoms with Crippen LogP contribution in [0, 0.1) is 29.5 Å². The standard InChI is InChI=1S/C28H31FN2O4/c1-3-34-28(33)31-14-6-8-21-22(26-17(2)35-27(32)23(26)15-25(21)31)13-12-19-11-10-18(16-30-19)20-7-4-5-9-24(20)29/h4-5,7,9-13,16-17,21-23,25-26H,3,6,8,14-15H2,1-2H3/b13-12+. The van der Waals surface area contributed by atoms with Gasteiger partial charge in [0.25, 0.3) is 0 Å². The number of carbonyl (C=O) groups is 2. The smallest absolute Gasteiger partial charge is 0.410 e. The van der Waals surface area contributed by atoms with Gasteiger partial charge < -0.3 is 14.4 Å². The van der Waals surface area contributed by atoms with Gasteiger partial charge in [-0.05, 0) is 63.2 Å². The fourth-order valence-electron chi connectivity index (χ4n) is 6.32. The molecule has 5 rings (SSSR count). The fraction of sp³-hybridized carbons (Fsp3) is 0.464. The zero-order valence-corrected chi connectivity index (χ0v) is 20.1. The topological polar surface area (TPSA) is 68.7 Å². The summed E-state index contributed by atoms with van der Waals surface area (Å²) in [6.45, 7) is 4.76. The molecule has 7 heteroatoms. The molecule has 184 valence electrons. The largest absolute Gasteiger partial charge is 0.462 e. The molecule has 3 aliphatic rings. The van der Waals surface area contributed by atoms with E-state index in [1.807, 2.05) is 37.0 Å². The third-order valence-electron chi connectivity index (χ3n) is 7.84. The SMILES string of the molecule is CCOC(=O)N1CCCC2C(/C=C/c3ccc(-c4ccccc4F)cn3)C3C(C)OC(=O)C3CC21. The third-order valence-corrected chi connectivity index (χ3v) is 7.84. The molecule has 2 saturated heterocycles. The molecule has 2 aromatic rings. The molecule has 3 fully saturated rings. The van der Waals surface area contributed by atoms with E-state index in [2.05, 4.69) is 11.1 Å². The van der Waals surface area contributed by atoms with E-state index in [4.69, 9.17) is 9.47 Å². The van der Waals surface area contributed by atoms with E-state index in [9.17, 15) is 14.0 Å². The van der Waals surface area contributed by atoms with Crippen LogP contribution in [0.1, 0.15) is 38.8 Å². The van der Waals surface area contributed by atoms with Gasteiger partial charge in [0.15, 0.2) is 0 Å². The highest BCUT2D eigenvalue weighted by Crippen LogP contribution is 2.51. The van der Waals surface area contributed by atoms with Crippen LogP contribution in [0.5, 0.6) is 0 Å². The molecule has 1 aromatic carbocycles. The molecule has 1 aromatic heterocycles. The number of esters is 1. The van der Waals surface area contributed by atoms with E-state index >= 15 is 0 Å². The van der Waals surface area contributed by atoms with Crippen LogP contribution in [0.2, 0.25) is 0 Å². The minimum Gasteiger partial charge on any atom is -0.462 e. The number of benzene rings is 1. The fourth-order valence-corrected chi connectivity index (χ4v) is 6.32. The summed E-state index contributed by atoms with van der Waals surface area (Å²) in [6.07, 6.45) is 7.85. The molecule has 0 N–H and O–H groups in total. The molecule has 35 heavy (non-hydrogen) atoms. The molecule has 1 saturated carbocycles. The molecule has 0 spiro atoms. The quantitative estimate of drug-likeness (QED) is 0.555. The number of hydrogen-bond donors (Lipinski definition) is 0.